The molecule has 1 aliphatic rings. The van der Waals surface area contributed by atoms with Crippen LogP contribution in [0.5, 0.6) is 11.5 Å². The Bertz CT molecular complexity index is 1940. The fourth-order valence-electron chi connectivity index (χ4n) is 6.14. The molecule has 5 rings (SSSR count). The highest BCUT2D eigenvalue weighted by Gasteiger charge is 2.34. The van der Waals surface area contributed by atoms with Crippen LogP contribution in [0.1, 0.15) is 45.7 Å². The summed E-state index contributed by atoms with van der Waals surface area (Å²) in [6.45, 7) is 9.37. The molecule has 0 radical (unpaired) electrons. The average molecular weight is 845 g/mol. The van der Waals surface area contributed by atoms with Crippen molar-refractivity contribution in [2.24, 2.45) is 0 Å². The first-order valence-corrected chi connectivity index (χ1v) is 20.4. The van der Waals surface area contributed by atoms with Crippen molar-refractivity contribution in [1.29, 1.82) is 0 Å². The van der Waals surface area contributed by atoms with E-state index in [1.54, 1.807) is 60.7 Å². The fraction of sp³-hybridized carbons (Fsp3) is 0.413. The number of carbonyl (C=O) groups is 3. The van der Waals surface area contributed by atoms with Gasteiger partial charge in [0.2, 0.25) is 0 Å². The molecule has 0 heterocycles. The number of fused-ring (bicyclic) bond motifs is 2. The summed E-state index contributed by atoms with van der Waals surface area (Å²) in [5.74, 6) is 0.666. The lowest BCUT2D eigenvalue weighted by molar-refractivity contribution is -0.109. The molecule has 3 N–H and O–H groups in total. The molecule has 328 valence electrons. The first-order chi connectivity index (χ1) is 29.9. The van der Waals surface area contributed by atoms with Crippen LogP contribution in [0.4, 0.5) is 22.7 Å². The maximum Gasteiger partial charge on any atom is 0.196 e. The zero-order valence-electron chi connectivity index (χ0n) is 34.8. The molecule has 4 aromatic rings. The SMILES string of the molecule is CC(COCCOCCOc1ccc(Nc2ccc(Nc3ccc(OCC=O)cc3)c3c2C(=O)c2ccccc2C3=O)cc1)OCC(C)OCCOCCOCCOCCO. The molecule has 2 atom stereocenters. The standard InChI is InChI=1S/C46H56N2O13/c1-33(61-32-34(2)58-29-27-55-24-23-54-22-21-53-19-17-49)31-57-26-25-56-28-30-60-38-13-9-36(10-14-38)48-42-16-15-41(47-35-7-11-37(12-8-35)59-20-18-50)43-44(42)46(52)40-6-4-3-5-39(40)45(43)51/h3-16,18,33-34,47-49H,17,19-32H2,1-2H3. The Morgan fingerprint density at radius 1 is 0.525 bits per heavy atom. The molecule has 0 aromatic heterocycles. The minimum Gasteiger partial charge on any atom is -0.491 e. The number of ether oxygens (including phenoxy) is 9. The summed E-state index contributed by atoms with van der Waals surface area (Å²) in [4.78, 5) is 38.5. The topological polar surface area (TPSA) is 179 Å². The summed E-state index contributed by atoms with van der Waals surface area (Å²) in [6, 6.07) is 24.7. The minimum absolute atomic E-state index is 0.00732. The van der Waals surface area contributed by atoms with E-state index in [0.717, 1.165) is 0 Å². The Hall–Kier alpha value is -5.23. The third-order valence-electron chi connectivity index (χ3n) is 9.11. The predicted molar refractivity (Wildman–Crippen MR) is 228 cm³/mol. The molecule has 0 spiro atoms. The molecule has 0 saturated carbocycles. The van der Waals surface area contributed by atoms with Crippen LogP contribution in [-0.4, -0.2) is 134 Å². The van der Waals surface area contributed by atoms with Gasteiger partial charge in [-0.05, 0) is 74.5 Å². The number of anilines is 4. The number of aliphatic hydroxyl groups is 1. The van der Waals surface area contributed by atoms with E-state index in [0.29, 0.717) is 138 Å². The van der Waals surface area contributed by atoms with Crippen LogP contribution in [0.2, 0.25) is 0 Å². The molecule has 0 bridgehead atoms. The zero-order chi connectivity index (χ0) is 43.1. The van der Waals surface area contributed by atoms with Gasteiger partial charge in [-0.2, -0.15) is 0 Å². The maximum atomic E-state index is 13.9. The predicted octanol–water partition coefficient (Wildman–Crippen LogP) is 5.79. The number of aldehydes is 1. The maximum absolute atomic E-state index is 13.9. The van der Waals surface area contributed by atoms with Crippen LogP contribution < -0.4 is 20.1 Å². The van der Waals surface area contributed by atoms with E-state index < -0.39 is 0 Å². The number of nitrogens with one attached hydrogen (secondary N) is 2. The fourth-order valence-corrected chi connectivity index (χ4v) is 6.14. The van der Waals surface area contributed by atoms with E-state index in [1.165, 1.54) is 0 Å². The van der Waals surface area contributed by atoms with Crippen molar-refractivity contribution in [1.82, 2.24) is 0 Å². The Kier molecular flexibility index (Phi) is 20.1. The monoisotopic (exact) mass is 844 g/mol. The van der Waals surface area contributed by atoms with Crippen LogP contribution in [0.3, 0.4) is 0 Å². The van der Waals surface area contributed by atoms with Crippen LogP contribution >= 0.6 is 0 Å². The van der Waals surface area contributed by atoms with E-state index in [4.69, 9.17) is 47.7 Å². The lowest BCUT2D eigenvalue weighted by Gasteiger charge is -2.24. The highest BCUT2D eigenvalue weighted by molar-refractivity contribution is 6.32. The third kappa shape index (κ3) is 15.3. The van der Waals surface area contributed by atoms with Gasteiger partial charge in [0, 0.05) is 22.5 Å². The zero-order valence-corrected chi connectivity index (χ0v) is 34.8. The second-order valence-electron chi connectivity index (χ2n) is 13.8. The van der Waals surface area contributed by atoms with Crippen LogP contribution in [0.25, 0.3) is 0 Å². The Morgan fingerprint density at radius 2 is 0.984 bits per heavy atom. The summed E-state index contributed by atoms with van der Waals surface area (Å²) in [7, 11) is 0. The van der Waals surface area contributed by atoms with Gasteiger partial charge in [0.05, 0.1) is 121 Å². The molecule has 1 aliphatic carbocycles. The van der Waals surface area contributed by atoms with E-state index in [2.05, 4.69) is 10.6 Å². The summed E-state index contributed by atoms with van der Waals surface area (Å²) in [5, 5.41) is 15.3. The average Bonchev–Trinajstić information content (AvgIpc) is 3.28. The number of aliphatic hydroxyl groups excluding tert-OH is 1. The molecule has 2 unspecified atom stereocenters. The number of ketones is 2. The summed E-state index contributed by atoms with van der Waals surface area (Å²) in [5.41, 5.74) is 3.61. The highest BCUT2D eigenvalue weighted by atomic mass is 16.6. The van der Waals surface area contributed by atoms with Crippen molar-refractivity contribution < 1.29 is 62.1 Å². The van der Waals surface area contributed by atoms with Gasteiger partial charge in [0.1, 0.15) is 24.7 Å². The minimum atomic E-state index is -0.258. The van der Waals surface area contributed by atoms with Gasteiger partial charge in [-0.3, -0.25) is 14.4 Å². The van der Waals surface area contributed by atoms with Crippen molar-refractivity contribution in [2.75, 3.05) is 110 Å². The summed E-state index contributed by atoms with van der Waals surface area (Å²) in [6.07, 6.45) is 0.489. The Morgan fingerprint density at radius 3 is 1.51 bits per heavy atom. The molecule has 15 nitrogen and oxygen atoms in total. The molecular formula is C46H56N2O13. The first kappa shape index (κ1) is 46.8. The summed E-state index contributed by atoms with van der Waals surface area (Å²) < 4.78 is 50.1. The Labute approximate surface area is 356 Å². The Balaban J connectivity index is 0.984. The van der Waals surface area contributed by atoms with Gasteiger partial charge in [-0.15, -0.1) is 0 Å². The molecule has 0 saturated heterocycles. The molecule has 15 heteroatoms. The smallest absolute Gasteiger partial charge is 0.196 e. The molecular weight excluding hydrogens is 789 g/mol. The molecule has 61 heavy (non-hydrogen) atoms. The van der Waals surface area contributed by atoms with Crippen LogP contribution in [0.15, 0.2) is 84.9 Å². The number of benzene rings is 4. The van der Waals surface area contributed by atoms with E-state index in [-0.39, 0.29) is 48.1 Å². The quantitative estimate of drug-likeness (QED) is 0.0360. The van der Waals surface area contributed by atoms with Gasteiger partial charge in [-0.1, -0.05) is 24.3 Å². The lowest BCUT2D eigenvalue weighted by Crippen LogP contribution is -2.25. The molecule has 4 aromatic carbocycles. The normalized spacial score (nSPS) is 13.0. The van der Waals surface area contributed by atoms with E-state index in [1.807, 2.05) is 38.1 Å². The number of carbonyl (C=O) groups excluding carboxylic acids is 3. The molecule has 0 fully saturated rings. The van der Waals surface area contributed by atoms with Crippen LogP contribution in [0, 0.1) is 0 Å². The van der Waals surface area contributed by atoms with Crippen molar-refractivity contribution in [3.8, 4) is 11.5 Å². The number of hydrogen-bond acceptors (Lipinski definition) is 15. The van der Waals surface area contributed by atoms with E-state index in [9.17, 15) is 14.4 Å². The van der Waals surface area contributed by atoms with Gasteiger partial charge < -0.3 is 58.4 Å². The van der Waals surface area contributed by atoms with E-state index >= 15 is 0 Å². The summed E-state index contributed by atoms with van der Waals surface area (Å²) >= 11 is 0. The molecule has 0 aliphatic heterocycles. The van der Waals surface area contributed by atoms with Gasteiger partial charge in [-0.25, -0.2) is 0 Å². The van der Waals surface area contributed by atoms with Gasteiger partial charge in [0.25, 0.3) is 0 Å². The van der Waals surface area contributed by atoms with Crippen molar-refractivity contribution in [3.63, 3.8) is 0 Å². The number of hydrogen-bond donors (Lipinski definition) is 3. The lowest BCUT2D eigenvalue weighted by atomic mass is 9.82. The van der Waals surface area contributed by atoms with Crippen molar-refractivity contribution >= 4 is 40.6 Å². The highest BCUT2D eigenvalue weighted by Crippen LogP contribution is 2.39. The van der Waals surface area contributed by atoms with Crippen molar-refractivity contribution in [3.05, 3.63) is 107 Å². The number of rotatable bonds is 31. The second kappa shape index (κ2) is 26.2. The van der Waals surface area contributed by atoms with Gasteiger partial charge in [0.15, 0.2) is 17.9 Å². The largest absolute Gasteiger partial charge is 0.491 e. The van der Waals surface area contributed by atoms with Crippen LogP contribution in [-0.2, 0) is 38.0 Å². The van der Waals surface area contributed by atoms with Gasteiger partial charge >= 0.3 is 0 Å². The second-order valence-corrected chi connectivity index (χ2v) is 13.8. The van der Waals surface area contributed by atoms with Crippen molar-refractivity contribution in [2.45, 2.75) is 26.1 Å². The first-order valence-electron chi connectivity index (χ1n) is 20.4. The third-order valence-corrected chi connectivity index (χ3v) is 9.11. The molecule has 0 amide bonds.